The molecule has 3 heterocycles. The number of aromatic amines is 1. The van der Waals surface area contributed by atoms with Gasteiger partial charge in [-0.2, -0.15) is 0 Å². The topological polar surface area (TPSA) is 37.6 Å². The average molecular weight is 308 g/mol. The summed E-state index contributed by atoms with van der Waals surface area (Å²) in [6, 6.07) is 12.8. The molecule has 0 amide bonds. The van der Waals surface area contributed by atoms with Crippen LogP contribution in [0.4, 0.5) is 0 Å². The van der Waals surface area contributed by atoms with Crippen LogP contribution in [0.2, 0.25) is 0 Å². The highest BCUT2D eigenvalue weighted by atomic mass is 15.3. The van der Waals surface area contributed by atoms with E-state index in [1.54, 1.807) is 9.80 Å². The third-order valence-electron chi connectivity index (χ3n) is 4.96. The summed E-state index contributed by atoms with van der Waals surface area (Å²) in [5.41, 5.74) is 4.05. The molecular weight excluding hydrogens is 284 g/mol. The smallest absolute Gasteiger partial charge is 0.127 e. The van der Waals surface area contributed by atoms with Gasteiger partial charge in [-0.25, -0.2) is 0 Å². The number of nitrogens with zero attached hydrogens (tertiary/aromatic N) is 1. The highest BCUT2D eigenvalue weighted by molar-refractivity contribution is 5.82. The number of hydrogen-bond acceptors (Lipinski definition) is 1. The van der Waals surface area contributed by atoms with E-state index in [1.807, 2.05) is 18.5 Å². The number of hydrogen-bond donors (Lipinski definition) is 3. The Labute approximate surface area is 136 Å². The molecule has 2 aromatic heterocycles. The summed E-state index contributed by atoms with van der Waals surface area (Å²) in [4.78, 5) is 11.0. The molecule has 0 saturated carbocycles. The molecule has 1 aliphatic rings. The first-order chi connectivity index (χ1) is 11.4. The highest BCUT2D eigenvalue weighted by Crippen LogP contribution is 2.16. The normalized spacial score (nSPS) is 21.6. The van der Waals surface area contributed by atoms with Gasteiger partial charge in [0.2, 0.25) is 0 Å². The molecule has 0 atom stereocenters. The predicted molar refractivity (Wildman–Crippen MR) is 91.3 cm³/mol. The van der Waals surface area contributed by atoms with Crippen molar-refractivity contribution in [1.29, 1.82) is 0 Å². The predicted octanol–water partition coefficient (Wildman–Crippen LogP) is 0.0465. The van der Waals surface area contributed by atoms with Crippen molar-refractivity contribution in [2.24, 2.45) is 0 Å². The molecule has 1 saturated heterocycles. The molecule has 0 aliphatic carbocycles. The SMILES string of the molecule is c1cncc(C[NH+]2CC[NH+](Cc3c[nH]c4ccccc34)CC2)c1. The fourth-order valence-electron chi connectivity index (χ4n) is 3.65. The molecule has 3 aromatic rings. The Morgan fingerprint density at radius 3 is 2.48 bits per heavy atom. The van der Waals surface area contributed by atoms with Crippen molar-refractivity contribution >= 4 is 10.9 Å². The molecule has 0 radical (unpaired) electrons. The number of H-pyrrole nitrogens is 1. The van der Waals surface area contributed by atoms with Crippen LogP contribution in [0.5, 0.6) is 0 Å². The van der Waals surface area contributed by atoms with E-state index in [0.29, 0.717) is 0 Å². The maximum atomic E-state index is 4.22. The second-order valence-electron chi connectivity index (χ2n) is 6.57. The molecule has 3 N–H and O–H groups in total. The first kappa shape index (κ1) is 14.4. The zero-order valence-electron chi connectivity index (χ0n) is 13.4. The second-order valence-corrected chi connectivity index (χ2v) is 6.57. The molecule has 23 heavy (non-hydrogen) atoms. The van der Waals surface area contributed by atoms with Crippen LogP contribution in [0.1, 0.15) is 11.1 Å². The Morgan fingerprint density at radius 2 is 1.70 bits per heavy atom. The van der Waals surface area contributed by atoms with Crippen LogP contribution in [-0.2, 0) is 13.1 Å². The van der Waals surface area contributed by atoms with Gasteiger partial charge in [0, 0.05) is 40.6 Å². The van der Waals surface area contributed by atoms with Gasteiger partial charge < -0.3 is 14.8 Å². The van der Waals surface area contributed by atoms with Crippen molar-refractivity contribution in [3.63, 3.8) is 0 Å². The van der Waals surface area contributed by atoms with Crippen LogP contribution in [0.3, 0.4) is 0 Å². The van der Waals surface area contributed by atoms with Crippen molar-refractivity contribution in [1.82, 2.24) is 9.97 Å². The lowest BCUT2D eigenvalue weighted by Gasteiger charge is -2.29. The van der Waals surface area contributed by atoms with Crippen molar-refractivity contribution in [2.75, 3.05) is 26.2 Å². The standard InChI is InChI=1S/C19H22N4/c1-2-6-19-18(5-1)17(13-21-19)15-23-10-8-22(9-11-23)14-16-4-3-7-20-12-16/h1-7,12-13,21H,8-11,14-15H2/p+2. The van der Waals surface area contributed by atoms with E-state index in [-0.39, 0.29) is 0 Å². The molecule has 1 fully saturated rings. The summed E-state index contributed by atoms with van der Waals surface area (Å²) in [7, 11) is 0. The minimum atomic E-state index is 1.11. The molecule has 118 valence electrons. The minimum Gasteiger partial charge on any atom is -0.361 e. The number of aromatic nitrogens is 2. The number of rotatable bonds is 4. The largest absolute Gasteiger partial charge is 0.361 e. The lowest BCUT2D eigenvalue weighted by molar-refractivity contribution is -1.02. The number of piperazine rings is 1. The van der Waals surface area contributed by atoms with Gasteiger partial charge in [-0.15, -0.1) is 0 Å². The number of benzene rings is 1. The Kier molecular flexibility index (Phi) is 4.09. The fraction of sp³-hybridized carbons (Fsp3) is 0.316. The molecule has 0 spiro atoms. The van der Waals surface area contributed by atoms with E-state index in [9.17, 15) is 0 Å². The van der Waals surface area contributed by atoms with Crippen LogP contribution in [0, 0.1) is 0 Å². The van der Waals surface area contributed by atoms with E-state index in [2.05, 4.69) is 46.5 Å². The second kappa shape index (κ2) is 6.52. The summed E-state index contributed by atoms with van der Waals surface area (Å²) in [6.07, 6.45) is 6.03. The average Bonchev–Trinajstić information content (AvgIpc) is 3.01. The molecular formula is C19H24N4+2. The van der Waals surface area contributed by atoms with Crippen molar-refractivity contribution in [3.05, 3.63) is 66.1 Å². The van der Waals surface area contributed by atoms with Crippen LogP contribution in [0.25, 0.3) is 10.9 Å². The lowest BCUT2D eigenvalue weighted by Crippen LogP contribution is -3.27. The van der Waals surface area contributed by atoms with E-state index in [4.69, 9.17) is 0 Å². The first-order valence-electron chi connectivity index (χ1n) is 8.49. The monoisotopic (exact) mass is 308 g/mol. The van der Waals surface area contributed by atoms with E-state index in [1.165, 1.54) is 48.2 Å². The minimum absolute atomic E-state index is 1.11. The van der Waals surface area contributed by atoms with Gasteiger partial charge in [-0.05, 0) is 12.1 Å². The van der Waals surface area contributed by atoms with Gasteiger partial charge in [0.15, 0.2) is 0 Å². The Morgan fingerprint density at radius 1 is 0.913 bits per heavy atom. The lowest BCUT2D eigenvalue weighted by atomic mass is 10.1. The molecule has 1 aliphatic heterocycles. The van der Waals surface area contributed by atoms with Crippen molar-refractivity contribution < 1.29 is 9.80 Å². The van der Waals surface area contributed by atoms with E-state index in [0.717, 1.165) is 13.1 Å². The van der Waals surface area contributed by atoms with E-state index < -0.39 is 0 Å². The summed E-state index contributed by atoms with van der Waals surface area (Å²) >= 11 is 0. The third kappa shape index (κ3) is 3.28. The van der Waals surface area contributed by atoms with Crippen LogP contribution >= 0.6 is 0 Å². The third-order valence-corrected chi connectivity index (χ3v) is 4.96. The first-order valence-corrected chi connectivity index (χ1v) is 8.49. The Balaban J connectivity index is 1.35. The summed E-state index contributed by atoms with van der Waals surface area (Å²) in [5, 5.41) is 1.38. The quantitative estimate of drug-likeness (QED) is 0.626. The number of pyridine rings is 1. The van der Waals surface area contributed by atoms with Crippen molar-refractivity contribution in [2.45, 2.75) is 13.1 Å². The van der Waals surface area contributed by atoms with Crippen LogP contribution < -0.4 is 9.80 Å². The number of nitrogens with one attached hydrogen (secondary N) is 3. The molecule has 4 heteroatoms. The van der Waals surface area contributed by atoms with Crippen LogP contribution in [-0.4, -0.2) is 36.1 Å². The molecule has 0 bridgehead atoms. The van der Waals surface area contributed by atoms with E-state index >= 15 is 0 Å². The van der Waals surface area contributed by atoms with Gasteiger partial charge in [-0.1, -0.05) is 24.3 Å². The highest BCUT2D eigenvalue weighted by Gasteiger charge is 2.23. The van der Waals surface area contributed by atoms with Crippen molar-refractivity contribution in [3.8, 4) is 0 Å². The Bertz CT molecular complexity index is 757. The molecule has 4 rings (SSSR count). The molecule has 0 unspecified atom stereocenters. The van der Waals surface area contributed by atoms with Gasteiger partial charge in [0.05, 0.1) is 0 Å². The molecule has 4 nitrogen and oxygen atoms in total. The summed E-state index contributed by atoms with van der Waals surface area (Å²) in [5.74, 6) is 0. The van der Waals surface area contributed by atoms with Gasteiger partial charge in [0.1, 0.15) is 39.3 Å². The summed E-state index contributed by atoms with van der Waals surface area (Å²) in [6.45, 7) is 7.21. The maximum absolute atomic E-state index is 4.22. The van der Waals surface area contributed by atoms with Gasteiger partial charge >= 0.3 is 0 Å². The number of para-hydroxylation sites is 1. The zero-order valence-corrected chi connectivity index (χ0v) is 13.4. The maximum Gasteiger partial charge on any atom is 0.127 e. The van der Waals surface area contributed by atoms with Gasteiger partial charge in [-0.3, -0.25) is 4.98 Å². The molecule has 1 aromatic carbocycles. The fourth-order valence-corrected chi connectivity index (χ4v) is 3.65. The zero-order chi connectivity index (χ0) is 15.5. The van der Waals surface area contributed by atoms with Gasteiger partial charge in [0.25, 0.3) is 0 Å². The summed E-state index contributed by atoms with van der Waals surface area (Å²) < 4.78 is 0. The Hall–Kier alpha value is -2.17. The number of quaternary nitrogens is 2. The van der Waals surface area contributed by atoms with Crippen LogP contribution in [0.15, 0.2) is 55.0 Å². The number of fused-ring (bicyclic) bond motifs is 1.